The van der Waals surface area contributed by atoms with Gasteiger partial charge in [-0.3, -0.25) is 0 Å². The van der Waals surface area contributed by atoms with Gasteiger partial charge in [-0.25, -0.2) is 0 Å². The van der Waals surface area contributed by atoms with Crippen LogP contribution in [0.5, 0.6) is 0 Å². The lowest BCUT2D eigenvalue weighted by Crippen LogP contribution is -2.49. The lowest BCUT2D eigenvalue weighted by atomic mass is 9.94. The maximum atomic E-state index is 9.56. The van der Waals surface area contributed by atoms with E-state index in [9.17, 15) is 5.11 Å². The average Bonchev–Trinajstić information content (AvgIpc) is 2.43. The van der Waals surface area contributed by atoms with Gasteiger partial charge in [0.05, 0.1) is 6.61 Å². The molecule has 120 valence electrons. The number of rotatable bonds is 9. The van der Waals surface area contributed by atoms with Gasteiger partial charge in [0, 0.05) is 30.8 Å². The highest BCUT2D eigenvalue weighted by atomic mass is 16.5. The zero-order valence-electron chi connectivity index (χ0n) is 13.8. The molecule has 0 aromatic carbocycles. The second-order valence-electron chi connectivity index (χ2n) is 6.80. The molecule has 4 nitrogen and oxygen atoms in total. The van der Waals surface area contributed by atoms with Crippen LogP contribution in [-0.2, 0) is 4.74 Å². The Morgan fingerprint density at radius 1 is 1.30 bits per heavy atom. The molecular formula is C16H34N2O2. The zero-order chi connectivity index (χ0) is 15.0. The van der Waals surface area contributed by atoms with Crippen LogP contribution in [0.2, 0.25) is 0 Å². The Kier molecular flexibility index (Phi) is 8.03. The predicted molar refractivity (Wildman–Crippen MR) is 84.1 cm³/mol. The van der Waals surface area contributed by atoms with E-state index in [0.29, 0.717) is 12.1 Å². The van der Waals surface area contributed by atoms with E-state index in [4.69, 9.17) is 4.74 Å². The van der Waals surface area contributed by atoms with Gasteiger partial charge in [-0.2, -0.15) is 0 Å². The van der Waals surface area contributed by atoms with Gasteiger partial charge in [0.1, 0.15) is 0 Å². The van der Waals surface area contributed by atoms with Crippen molar-refractivity contribution in [1.29, 1.82) is 0 Å². The smallest absolute Gasteiger partial charge is 0.0610 e. The number of aliphatic hydroxyl groups excluding tert-OH is 1. The Hall–Kier alpha value is -0.160. The molecule has 1 rings (SSSR count). The first-order valence-electron chi connectivity index (χ1n) is 8.13. The fraction of sp³-hybridized carbons (Fsp3) is 1.00. The van der Waals surface area contributed by atoms with E-state index in [2.05, 4.69) is 38.0 Å². The van der Waals surface area contributed by atoms with Crippen molar-refractivity contribution < 1.29 is 9.84 Å². The van der Waals surface area contributed by atoms with E-state index >= 15 is 0 Å². The van der Waals surface area contributed by atoms with Crippen molar-refractivity contribution in [2.45, 2.75) is 70.5 Å². The Balaban J connectivity index is 2.19. The summed E-state index contributed by atoms with van der Waals surface area (Å²) in [7, 11) is 2.23. The molecule has 1 heterocycles. The molecule has 0 amide bonds. The van der Waals surface area contributed by atoms with Crippen molar-refractivity contribution in [2.24, 2.45) is 0 Å². The monoisotopic (exact) mass is 286 g/mol. The van der Waals surface area contributed by atoms with Crippen LogP contribution in [0.15, 0.2) is 0 Å². The molecule has 4 heteroatoms. The summed E-state index contributed by atoms with van der Waals surface area (Å²) in [5, 5.41) is 13.0. The quantitative estimate of drug-likeness (QED) is 0.637. The van der Waals surface area contributed by atoms with Crippen LogP contribution in [0.4, 0.5) is 0 Å². The molecule has 1 fully saturated rings. The van der Waals surface area contributed by atoms with E-state index < -0.39 is 0 Å². The Morgan fingerprint density at radius 3 is 2.50 bits per heavy atom. The van der Waals surface area contributed by atoms with Gasteiger partial charge in [0.15, 0.2) is 0 Å². The molecule has 1 saturated heterocycles. The fourth-order valence-corrected chi connectivity index (χ4v) is 3.08. The second kappa shape index (κ2) is 8.98. The minimum atomic E-state index is -0.134. The van der Waals surface area contributed by atoms with E-state index in [-0.39, 0.29) is 12.1 Å². The molecule has 0 aromatic heterocycles. The third-order valence-electron chi connectivity index (χ3n) is 4.29. The Bertz CT molecular complexity index is 255. The Morgan fingerprint density at radius 2 is 1.95 bits per heavy atom. The van der Waals surface area contributed by atoms with Gasteiger partial charge in [-0.1, -0.05) is 20.3 Å². The molecule has 1 unspecified atom stereocenters. The normalized spacial score (nSPS) is 20.6. The molecule has 0 saturated carbocycles. The van der Waals surface area contributed by atoms with Crippen LogP contribution in [0.25, 0.3) is 0 Å². The maximum absolute atomic E-state index is 9.56. The fourth-order valence-electron chi connectivity index (χ4n) is 3.08. The first-order valence-corrected chi connectivity index (χ1v) is 8.13. The van der Waals surface area contributed by atoms with Gasteiger partial charge >= 0.3 is 0 Å². The number of hydrogen-bond donors (Lipinski definition) is 2. The summed E-state index contributed by atoms with van der Waals surface area (Å²) in [6.45, 7) is 9.56. The van der Waals surface area contributed by atoms with Gasteiger partial charge < -0.3 is 20.1 Å². The summed E-state index contributed by atoms with van der Waals surface area (Å²) in [6.07, 6.45) is 5.72. The van der Waals surface area contributed by atoms with Gasteiger partial charge in [-0.05, 0) is 46.2 Å². The number of hydrogen-bond acceptors (Lipinski definition) is 4. The van der Waals surface area contributed by atoms with E-state index in [1.54, 1.807) is 0 Å². The second-order valence-corrected chi connectivity index (χ2v) is 6.80. The SMILES string of the molecule is CC(C)NC(C)(CO)CCCCN(C)C1CCOCC1. The molecule has 1 atom stereocenters. The van der Waals surface area contributed by atoms with Crippen LogP contribution in [0.3, 0.4) is 0 Å². The van der Waals surface area contributed by atoms with Crippen LogP contribution in [-0.4, -0.2) is 61.0 Å². The topological polar surface area (TPSA) is 44.7 Å². The number of aliphatic hydroxyl groups is 1. The largest absolute Gasteiger partial charge is 0.394 e. The van der Waals surface area contributed by atoms with Crippen molar-refractivity contribution in [2.75, 3.05) is 33.4 Å². The molecule has 0 spiro atoms. The highest BCUT2D eigenvalue weighted by Gasteiger charge is 2.23. The van der Waals surface area contributed by atoms with Crippen molar-refractivity contribution >= 4 is 0 Å². The van der Waals surface area contributed by atoms with Gasteiger partial charge in [0.2, 0.25) is 0 Å². The number of unbranched alkanes of at least 4 members (excludes halogenated alkanes) is 1. The first kappa shape index (κ1) is 17.9. The summed E-state index contributed by atoms with van der Waals surface area (Å²) in [5.74, 6) is 0. The van der Waals surface area contributed by atoms with E-state index in [1.165, 1.54) is 19.3 Å². The molecule has 0 bridgehead atoms. The molecule has 1 aliphatic heterocycles. The van der Waals surface area contributed by atoms with Gasteiger partial charge in [-0.15, -0.1) is 0 Å². The highest BCUT2D eigenvalue weighted by Crippen LogP contribution is 2.17. The van der Waals surface area contributed by atoms with Crippen LogP contribution >= 0.6 is 0 Å². The number of nitrogens with zero attached hydrogens (tertiary/aromatic N) is 1. The summed E-state index contributed by atoms with van der Waals surface area (Å²) < 4.78 is 5.41. The molecule has 0 aliphatic carbocycles. The molecule has 0 radical (unpaired) electrons. The summed E-state index contributed by atoms with van der Waals surface area (Å²) in [5.41, 5.74) is -0.134. The maximum Gasteiger partial charge on any atom is 0.0610 e. The number of nitrogens with one attached hydrogen (secondary N) is 1. The van der Waals surface area contributed by atoms with Crippen LogP contribution < -0.4 is 5.32 Å². The minimum Gasteiger partial charge on any atom is -0.394 e. The van der Waals surface area contributed by atoms with E-state index in [0.717, 1.165) is 32.6 Å². The first-order chi connectivity index (χ1) is 9.47. The lowest BCUT2D eigenvalue weighted by molar-refractivity contribution is 0.0422. The minimum absolute atomic E-state index is 0.134. The molecule has 2 N–H and O–H groups in total. The van der Waals surface area contributed by atoms with Crippen molar-refractivity contribution in [1.82, 2.24) is 10.2 Å². The average molecular weight is 286 g/mol. The highest BCUT2D eigenvalue weighted by molar-refractivity contribution is 4.84. The standard InChI is InChI=1S/C16H34N2O2/c1-14(2)17-16(3,13-19)9-5-6-10-18(4)15-7-11-20-12-8-15/h14-15,17,19H,5-13H2,1-4H3. The zero-order valence-corrected chi connectivity index (χ0v) is 13.8. The van der Waals surface area contributed by atoms with Crippen LogP contribution in [0, 0.1) is 0 Å². The Labute approximate surface area is 124 Å². The lowest BCUT2D eigenvalue weighted by Gasteiger charge is -2.33. The molecule has 0 aromatic rings. The van der Waals surface area contributed by atoms with Crippen molar-refractivity contribution in [3.05, 3.63) is 0 Å². The van der Waals surface area contributed by atoms with Gasteiger partial charge in [0.25, 0.3) is 0 Å². The third-order valence-corrected chi connectivity index (χ3v) is 4.29. The van der Waals surface area contributed by atoms with Crippen molar-refractivity contribution in [3.63, 3.8) is 0 Å². The van der Waals surface area contributed by atoms with Crippen molar-refractivity contribution in [3.8, 4) is 0 Å². The predicted octanol–water partition coefficient (Wildman–Crippen LogP) is 2.02. The van der Waals surface area contributed by atoms with Crippen LogP contribution in [0.1, 0.15) is 52.9 Å². The van der Waals surface area contributed by atoms with E-state index in [1.807, 2.05) is 0 Å². The molecule has 1 aliphatic rings. The molecule has 20 heavy (non-hydrogen) atoms. The summed E-state index contributed by atoms with van der Waals surface area (Å²) in [4.78, 5) is 2.48. The summed E-state index contributed by atoms with van der Waals surface area (Å²) >= 11 is 0. The third kappa shape index (κ3) is 6.53. The summed E-state index contributed by atoms with van der Waals surface area (Å²) in [6, 6.07) is 1.11. The number of ether oxygens (including phenoxy) is 1. The molecular weight excluding hydrogens is 252 g/mol.